The van der Waals surface area contributed by atoms with Crippen LogP contribution in [0.1, 0.15) is 24.2 Å². The third-order valence-electron chi connectivity index (χ3n) is 3.35. The Morgan fingerprint density at radius 3 is 2.95 bits per heavy atom. The zero-order chi connectivity index (χ0) is 14.8. The summed E-state index contributed by atoms with van der Waals surface area (Å²) in [5.74, 6) is -0.119. The van der Waals surface area contributed by atoms with Crippen LogP contribution in [-0.4, -0.2) is 54.8 Å². The average Bonchev–Trinajstić information content (AvgIpc) is 2.38. The summed E-state index contributed by atoms with van der Waals surface area (Å²) >= 11 is 0. The van der Waals surface area contributed by atoms with Crippen molar-refractivity contribution in [2.45, 2.75) is 19.9 Å². The standard InChI is InChI=1S/C13H19N3O3S/c1-3-15-12-4-5-14-8-11(12)13(17)16-6-7-20(18,19)9-10(16)2/h4-5,8,10H,3,6-7,9H2,1-2H3,(H,14,15). The number of sulfone groups is 1. The van der Waals surface area contributed by atoms with Gasteiger partial charge in [-0.15, -0.1) is 0 Å². The zero-order valence-corrected chi connectivity index (χ0v) is 12.5. The molecule has 2 heterocycles. The lowest BCUT2D eigenvalue weighted by Crippen LogP contribution is -2.49. The predicted molar refractivity (Wildman–Crippen MR) is 77.6 cm³/mol. The summed E-state index contributed by atoms with van der Waals surface area (Å²) < 4.78 is 23.1. The highest BCUT2D eigenvalue weighted by Gasteiger charge is 2.32. The summed E-state index contributed by atoms with van der Waals surface area (Å²) in [5, 5.41) is 3.12. The Morgan fingerprint density at radius 1 is 1.55 bits per heavy atom. The molecule has 20 heavy (non-hydrogen) atoms. The number of aromatic nitrogens is 1. The van der Waals surface area contributed by atoms with E-state index in [0.29, 0.717) is 12.1 Å². The smallest absolute Gasteiger partial charge is 0.257 e. The van der Waals surface area contributed by atoms with E-state index in [1.54, 1.807) is 24.1 Å². The summed E-state index contributed by atoms with van der Waals surface area (Å²) in [6, 6.07) is 1.44. The Morgan fingerprint density at radius 2 is 2.30 bits per heavy atom. The Balaban J connectivity index is 2.24. The number of hydrogen-bond acceptors (Lipinski definition) is 5. The van der Waals surface area contributed by atoms with Crippen molar-refractivity contribution >= 4 is 21.4 Å². The van der Waals surface area contributed by atoms with Gasteiger partial charge < -0.3 is 10.2 Å². The molecule has 1 aromatic rings. The van der Waals surface area contributed by atoms with E-state index in [0.717, 1.165) is 5.69 Å². The highest BCUT2D eigenvalue weighted by atomic mass is 32.2. The van der Waals surface area contributed by atoms with E-state index in [9.17, 15) is 13.2 Å². The summed E-state index contributed by atoms with van der Waals surface area (Å²) in [4.78, 5) is 18.2. The molecule has 1 aliphatic rings. The zero-order valence-electron chi connectivity index (χ0n) is 11.7. The van der Waals surface area contributed by atoms with Crippen molar-refractivity contribution in [3.63, 3.8) is 0 Å². The van der Waals surface area contributed by atoms with Gasteiger partial charge in [0.2, 0.25) is 0 Å². The first kappa shape index (κ1) is 14.8. The van der Waals surface area contributed by atoms with Gasteiger partial charge in [-0.2, -0.15) is 0 Å². The highest BCUT2D eigenvalue weighted by Crippen LogP contribution is 2.20. The van der Waals surface area contributed by atoms with Crippen LogP contribution in [0.25, 0.3) is 0 Å². The van der Waals surface area contributed by atoms with Crippen molar-refractivity contribution in [2.75, 3.05) is 29.9 Å². The summed E-state index contributed by atoms with van der Waals surface area (Å²) in [5.41, 5.74) is 1.22. The molecule has 0 bridgehead atoms. The highest BCUT2D eigenvalue weighted by molar-refractivity contribution is 7.91. The van der Waals surface area contributed by atoms with E-state index in [-0.39, 0.29) is 30.0 Å². The lowest BCUT2D eigenvalue weighted by molar-refractivity contribution is 0.0713. The number of carbonyl (C=O) groups is 1. The molecule has 7 heteroatoms. The molecular formula is C13H19N3O3S. The minimum absolute atomic E-state index is 0.0234. The van der Waals surface area contributed by atoms with E-state index in [2.05, 4.69) is 10.3 Å². The first-order valence-electron chi connectivity index (χ1n) is 6.64. The normalized spacial score (nSPS) is 21.5. The van der Waals surface area contributed by atoms with Crippen molar-refractivity contribution in [1.82, 2.24) is 9.88 Å². The average molecular weight is 297 g/mol. The van der Waals surface area contributed by atoms with Crippen molar-refractivity contribution in [3.8, 4) is 0 Å². The second-order valence-electron chi connectivity index (χ2n) is 4.91. The first-order valence-corrected chi connectivity index (χ1v) is 8.46. The summed E-state index contributed by atoms with van der Waals surface area (Å²) in [6.45, 7) is 4.65. The maximum Gasteiger partial charge on any atom is 0.257 e. The van der Waals surface area contributed by atoms with Crippen LogP contribution in [0, 0.1) is 0 Å². The van der Waals surface area contributed by atoms with Crippen molar-refractivity contribution < 1.29 is 13.2 Å². The molecule has 0 spiro atoms. The number of pyridine rings is 1. The third kappa shape index (κ3) is 3.09. The Hall–Kier alpha value is -1.63. The second-order valence-corrected chi connectivity index (χ2v) is 7.14. The quantitative estimate of drug-likeness (QED) is 0.891. The largest absolute Gasteiger partial charge is 0.385 e. The molecule has 1 aliphatic heterocycles. The van der Waals surface area contributed by atoms with Crippen molar-refractivity contribution in [2.24, 2.45) is 0 Å². The van der Waals surface area contributed by atoms with E-state index in [4.69, 9.17) is 0 Å². The molecular weight excluding hydrogens is 278 g/mol. The van der Waals surface area contributed by atoms with E-state index >= 15 is 0 Å². The molecule has 1 N–H and O–H groups in total. The van der Waals surface area contributed by atoms with Crippen LogP contribution in [0.3, 0.4) is 0 Å². The minimum Gasteiger partial charge on any atom is -0.385 e. The predicted octanol–water partition coefficient (Wildman–Crippen LogP) is 0.772. The number of nitrogens with one attached hydrogen (secondary N) is 1. The molecule has 0 radical (unpaired) electrons. The van der Waals surface area contributed by atoms with Crippen LogP contribution < -0.4 is 5.32 Å². The maximum atomic E-state index is 12.6. The molecule has 0 aliphatic carbocycles. The van der Waals surface area contributed by atoms with Crippen LogP contribution in [0.5, 0.6) is 0 Å². The van der Waals surface area contributed by atoms with Crippen LogP contribution in [0.15, 0.2) is 18.5 Å². The SMILES string of the molecule is CCNc1ccncc1C(=O)N1CCS(=O)(=O)CC1C. The second kappa shape index (κ2) is 5.78. The number of carbonyl (C=O) groups excluding carboxylic acids is 1. The Labute approximate surface area is 119 Å². The third-order valence-corrected chi connectivity index (χ3v) is 5.14. The van der Waals surface area contributed by atoms with E-state index < -0.39 is 9.84 Å². The van der Waals surface area contributed by atoms with Crippen LogP contribution in [0.2, 0.25) is 0 Å². The molecule has 0 saturated carbocycles. The maximum absolute atomic E-state index is 12.6. The van der Waals surface area contributed by atoms with Gasteiger partial charge in [-0.1, -0.05) is 0 Å². The van der Waals surface area contributed by atoms with Gasteiger partial charge in [0.05, 0.1) is 22.8 Å². The number of amides is 1. The summed E-state index contributed by atoms with van der Waals surface area (Å²) in [7, 11) is -3.03. The molecule has 1 fully saturated rings. The first-order chi connectivity index (χ1) is 9.44. The van der Waals surface area contributed by atoms with Gasteiger partial charge in [0.15, 0.2) is 9.84 Å². The number of nitrogens with zero attached hydrogens (tertiary/aromatic N) is 2. The van der Waals surface area contributed by atoms with Crippen LogP contribution >= 0.6 is 0 Å². The molecule has 110 valence electrons. The fourth-order valence-corrected chi connectivity index (χ4v) is 3.92. The summed E-state index contributed by atoms with van der Waals surface area (Å²) in [6.07, 6.45) is 3.15. The van der Waals surface area contributed by atoms with Gasteiger partial charge in [-0.05, 0) is 19.9 Å². The minimum atomic E-state index is -3.03. The van der Waals surface area contributed by atoms with Gasteiger partial charge in [0, 0.05) is 31.5 Å². The Kier molecular flexibility index (Phi) is 4.27. The monoisotopic (exact) mass is 297 g/mol. The van der Waals surface area contributed by atoms with Gasteiger partial charge in [-0.3, -0.25) is 9.78 Å². The van der Waals surface area contributed by atoms with Gasteiger partial charge in [0.1, 0.15) is 0 Å². The lowest BCUT2D eigenvalue weighted by atomic mass is 10.1. The lowest BCUT2D eigenvalue weighted by Gasteiger charge is -2.33. The van der Waals surface area contributed by atoms with Gasteiger partial charge in [-0.25, -0.2) is 8.42 Å². The van der Waals surface area contributed by atoms with Crippen LogP contribution in [0.4, 0.5) is 5.69 Å². The topological polar surface area (TPSA) is 79.4 Å². The van der Waals surface area contributed by atoms with E-state index in [1.165, 1.54) is 6.20 Å². The molecule has 0 aromatic carbocycles. The number of rotatable bonds is 3. The fourth-order valence-electron chi connectivity index (χ4n) is 2.36. The molecule has 1 unspecified atom stereocenters. The Bertz CT molecular complexity index is 601. The number of anilines is 1. The molecule has 1 aromatic heterocycles. The molecule has 1 atom stereocenters. The molecule has 2 rings (SSSR count). The van der Waals surface area contributed by atoms with Crippen molar-refractivity contribution in [3.05, 3.63) is 24.0 Å². The molecule has 6 nitrogen and oxygen atoms in total. The van der Waals surface area contributed by atoms with Gasteiger partial charge in [0.25, 0.3) is 5.91 Å². The fraction of sp³-hybridized carbons (Fsp3) is 0.538. The van der Waals surface area contributed by atoms with Crippen LogP contribution in [-0.2, 0) is 9.84 Å². The van der Waals surface area contributed by atoms with E-state index in [1.807, 2.05) is 6.92 Å². The number of hydrogen-bond donors (Lipinski definition) is 1. The van der Waals surface area contributed by atoms with Gasteiger partial charge >= 0.3 is 0 Å². The molecule has 1 saturated heterocycles. The van der Waals surface area contributed by atoms with Crippen molar-refractivity contribution in [1.29, 1.82) is 0 Å². The molecule has 1 amide bonds.